The topological polar surface area (TPSA) is 46.5 Å². The molecule has 4 aliphatic carbocycles. The molecule has 4 saturated carbocycles. The number of hydrogen-bond donors (Lipinski definition) is 1. The summed E-state index contributed by atoms with van der Waals surface area (Å²) in [5.41, 5.74) is 8.57. The zero-order valence-corrected chi connectivity index (χ0v) is 23.1. The normalized spacial score (nSPS) is 25.7. The first-order valence-corrected chi connectivity index (χ1v) is 14.7. The molecular formula is C36H40O3. The fraction of sp³-hybridized carbons (Fsp3) is 0.417. The van der Waals surface area contributed by atoms with E-state index in [1.165, 1.54) is 60.8 Å². The van der Waals surface area contributed by atoms with Crippen LogP contribution < -0.4 is 0 Å². The molecule has 7 rings (SSSR count). The number of aryl methyl sites for hydroxylation is 1. The highest BCUT2D eigenvalue weighted by atomic mass is 16.5. The number of carboxylic acids is 1. The molecule has 39 heavy (non-hydrogen) atoms. The third-order valence-corrected chi connectivity index (χ3v) is 9.56. The van der Waals surface area contributed by atoms with Crippen LogP contribution >= 0.6 is 0 Å². The summed E-state index contributed by atoms with van der Waals surface area (Å²) in [6, 6.07) is 24.8. The van der Waals surface area contributed by atoms with Gasteiger partial charge in [-0.05, 0) is 127 Å². The second-order valence-electron chi connectivity index (χ2n) is 12.5. The Labute approximate surface area is 232 Å². The van der Waals surface area contributed by atoms with E-state index in [1.54, 1.807) is 17.7 Å². The SMILES string of the molecule is C/C(=C\c1ccc(C(=O)O)cc1)c1ccc(CCCOCc2ccccc2)c(C23CC4CC(CC(C4)C2)C3)c1. The maximum absolute atomic E-state index is 11.2. The van der Waals surface area contributed by atoms with Crippen LogP contribution in [0, 0.1) is 17.8 Å². The van der Waals surface area contributed by atoms with Gasteiger partial charge in [0.2, 0.25) is 0 Å². The summed E-state index contributed by atoms with van der Waals surface area (Å²) in [4.78, 5) is 11.2. The Kier molecular flexibility index (Phi) is 7.44. The predicted molar refractivity (Wildman–Crippen MR) is 158 cm³/mol. The first kappa shape index (κ1) is 26.1. The van der Waals surface area contributed by atoms with Gasteiger partial charge < -0.3 is 9.84 Å². The van der Waals surface area contributed by atoms with E-state index < -0.39 is 5.97 Å². The molecule has 3 nitrogen and oxygen atoms in total. The third-order valence-electron chi connectivity index (χ3n) is 9.56. The quantitative estimate of drug-likeness (QED) is 0.215. The number of benzene rings is 3. The lowest BCUT2D eigenvalue weighted by Gasteiger charge is -2.57. The second kappa shape index (κ2) is 11.1. The maximum atomic E-state index is 11.2. The monoisotopic (exact) mass is 520 g/mol. The number of rotatable bonds is 10. The van der Waals surface area contributed by atoms with Crippen LogP contribution in [0.5, 0.6) is 0 Å². The molecular weight excluding hydrogens is 480 g/mol. The van der Waals surface area contributed by atoms with Gasteiger partial charge in [-0.2, -0.15) is 0 Å². The number of ether oxygens (including phenoxy) is 1. The summed E-state index contributed by atoms with van der Waals surface area (Å²) in [7, 11) is 0. The van der Waals surface area contributed by atoms with Crippen LogP contribution in [0.1, 0.15) is 90.0 Å². The highest BCUT2D eigenvalue weighted by Crippen LogP contribution is 2.61. The lowest BCUT2D eigenvalue weighted by molar-refractivity contribution is -0.00564. The van der Waals surface area contributed by atoms with Crippen molar-refractivity contribution < 1.29 is 14.6 Å². The van der Waals surface area contributed by atoms with Gasteiger partial charge >= 0.3 is 5.97 Å². The van der Waals surface area contributed by atoms with Crippen molar-refractivity contribution in [3.05, 3.63) is 106 Å². The van der Waals surface area contributed by atoms with Crippen molar-refractivity contribution in [2.75, 3.05) is 6.61 Å². The molecule has 4 bridgehead atoms. The van der Waals surface area contributed by atoms with E-state index in [-0.39, 0.29) is 0 Å². The van der Waals surface area contributed by atoms with Crippen LogP contribution in [0.25, 0.3) is 11.6 Å². The van der Waals surface area contributed by atoms with Gasteiger partial charge in [-0.15, -0.1) is 0 Å². The Balaban J connectivity index is 1.23. The van der Waals surface area contributed by atoms with E-state index in [9.17, 15) is 9.90 Å². The highest BCUT2D eigenvalue weighted by Gasteiger charge is 2.52. The molecule has 0 aromatic heterocycles. The molecule has 0 atom stereocenters. The summed E-state index contributed by atoms with van der Waals surface area (Å²) in [5.74, 6) is 1.84. The van der Waals surface area contributed by atoms with Crippen molar-refractivity contribution in [1.82, 2.24) is 0 Å². The zero-order valence-electron chi connectivity index (χ0n) is 23.1. The number of carboxylic acid groups (broad SMARTS) is 1. The minimum Gasteiger partial charge on any atom is -0.478 e. The minimum absolute atomic E-state index is 0.325. The molecule has 0 radical (unpaired) electrons. The minimum atomic E-state index is -0.886. The molecule has 202 valence electrons. The van der Waals surface area contributed by atoms with Crippen molar-refractivity contribution in [1.29, 1.82) is 0 Å². The van der Waals surface area contributed by atoms with Crippen LogP contribution in [0.3, 0.4) is 0 Å². The van der Waals surface area contributed by atoms with Gasteiger partial charge in [0.15, 0.2) is 0 Å². The standard InChI is InChI=1S/C36H40O3/c1-25(16-26-9-11-32(12-10-26)35(37)38)33-14-13-31(8-5-15-39-24-27-6-3-2-4-7-27)34(20-33)36-21-28-17-29(22-36)19-30(18-28)23-36/h2-4,6-7,9-14,16,20,28-30H,5,8,15,17-19,21-24H2,1H3,(H,37,38)/b25-16+. The van der Waals surface area contributed by atoms with E-state index in [2.05, 4.69) is 55.5 Å². The number of aromatic carboxylic acids is 1. The summed E-state index contributed by atoms with van der Waals surface area (Å²) >= 11 is 0. The van der Waals surface area contributed by atoms with Crippen LogP contribution in [-0.2, 0) is 23.2 Å². The van der Waals surface area contributed by atoms with Crippen LogP contribution in [0.15, 0.2) is 72.8 Å². The Bertz CT molecular complexity index is 1300. The number of hydrogen-bond acceptors (Lipinski definition) is 2. The summed E-state index contributed by atoms with van der Waals surface area (Å²) in [5, 5.41) is 9.23. The Morgan fingerprint density at radius 2 is 1.54 bits per heavy atom. The maximum Gasteiger partial charge on any atom is 0.335 e. The fourth-order valence-corrected chi connectivity index (χ4v) is 8.16. The molecule has 0 heterocycles. The van der Waals surface area contributed by atoms with E-state index >= 15 is 0 Å². The van der Waals surface area contributed by atoms with Gasteiger partial charge in [0.05, 0.1) is 12.2 Å². The van der Waals surface area contributed by atoms with E-state index in [0.29, 0.717) is 17.6 Å². The van der Waals surface area contributed by atoms with Crippen molar-refractivity contribution in [3.8, 4) is 0 Å². The van der Waals surface area contributed by atoms with Gasteiger partial charge in [0.25, 0.3) is 0 Å². The average Bonchev–Trinajstić information content (AvgIpc) is 2.93. The van der Waals surface area contributed by atoms with Gasteiger partial charge in [-0.25, -0.2) is 4.79 Å². The molecule has 1 N–H and O–H groups in total. The predicted octanol–water partition coefficient (Wildman–Crippen LogP) is 8.56. The van der Waals surface area contributed by atoms with Gasteiger partial charge in [-0.1, -0.05) is 66.7 Å². The molecule has 0 spiro atoms. The molecule has 4 aliphatic rings. The van der Waals surface area contributed by atoms with Crippen molar-refractivity contribution in [2.45, 2.75) is 70.3 Å². The molecule has 3 aromatic rings. The van der Waals surface area contributed by atoms with E-state index in [0.717, 1.165) is 42.8 Å². The molecule has 3 aromatic carbocycles. The number of allylic oxidation sites excluding steroid dienone is 1. The molecule has 4 fully saturated rings. The lowest BCUT2D eigenvalue weighted by Crippen LogP contribution is -2.49. The lowest BCUT2D eigenvalue weighted by atomic mass is 9.47. The van der Waals surface area contributed by atoms with E-state index in [1.807, 2.05) is 18.2 Å². The fourth-order valence-electron chi connectivity index (χ4n) is 8.16. The summed E-state index contributed by atoms with van der Waals surface area (Å²) in [6.45, 7) is 3.64. The van der Waals surface area contributed by atoms with Gasteiger partial charge in [0.1, 0.15) is 0 Å². The molecule has 0 unspecified atom stereocenters. The first-order valence-electron chi connectivity index (χ1n) is 14.7. The Hall–Kier alpha value is -3.17. The van der Waals surface area contributed by atoms with Gasteiger partial charge in [-0.3, -0.25) is 0 Å². The highest BCUT2D eigenvalue weighted by molar-refractivity contribution is 5.88. The third kappa shape index (κ3) is 5.75. The zero-order chi connectivity index (χ0) is 26.8. The smallest absolute Gasteiger partial charge is 0.335 e. The van der Waals surface area contributed by atoms with E-state index in [4.69, 9.17) is 4.74 Å². The van der Waals surface area contributed by atoms with Gasteiger partial charge in [0, 0.05) is 6.61 Å². The first-order chi connectivity index (χ1) is 19.0. The van der Waals surface area contributed by atoms with Crippen molar-refractivity contribution in [3.63, 3.8) is 0 Å². The number of carbonyl (C=O) groups is 1. The molecule has 0 aliphatic heterocycles. The second-order valence-corrected chi connectivity index (χ2v) is 12.5. The largest absolute Gasteiger partial charge is 0.478 e. The Morgan fingerprint density at radius 1 is 0.897 bits per heavy atom. The average molecular weight is 521 g/mol. The molecule has 3 heteroatoms. The Morgan fingerprint density at radius 3 is 2.18 bits per heavy atom. The summed E-state index contributed by atoms with van der Waals surface area (Å²) in [6.07, 6.45) is 12.7. The summed E-state index contributed by atoms with van der Waals surface area (Å²) < 4.78 is 6.04. The van der Waals surface area contributed by atoms with Crippen molar-refractivity contribution in [2.24, 2.45) is 17.8 Å². The van der Waals surface area contributed by atoms with Crippen LogP contribution in [0.4, 0.5) is 0 Å². The molecule has 0 amide bonds. The van der Waals surface area contributed by atoms with Crippen LogP contribution in [0.2, 0.25) is 0 Å². The van der Waals surface area contributed by atoms with Crippen LogP contribution in [-0.4, -0.2) is 17.7 Å². The van der Waals surface area contributed by atoms with Crippen molar-refractivity contribution >= 4 is 17.6 Å². The molecule has 0 saturated heterocycles.